The van der Waals surface area contributed by atoms with E-state index in [1.807, 2.05) is 43.3 Å². The lowest BCUT2D eigenvalue weighted by Gasteiger charge is -2.27. The molecule has 23 nitrogen and oxygen atoms in total. The van der Waals surface area contributed by atoms with Gasteiger partial charge in [-0.2, -0.15) is 0 Å². The van der Waals surface area contributed by atoms with Crippen LogP contribution in [0.15, 0.2) is 66.4 Å². The van der Waals surface area contributed by atoms with Crippen LogP contribution in [0.25, 0.3) is 0 Å². The summed E-state index contributed by atoms with van der Waals surface area (Å²) in [6.07, 6.45) is 1.02. The molecule has 23 heteroatoms. The van der Waals surface area contributed by atoms with Gasteiger partial charge in [-0.25, -0.2) is 9.59 Å². The Labute approximate surface area is 398 Å². The highest BCUT2D eigenvalue weighted by molar-refractivity contribution is 6.00. The molecule has 7 amide bonds. The van der Waals surface area contributed by atoms with Crippen molar-refractivity contribution in [2.45, 2.75) is 121 Å². The van der Waals surface area contributed by atoms with Crippen LogP contribution in [0.2, 0.25) is 0 Å². The quantitative estimate of drug-likeness (QED) is 0.0615. The van der Waals surface area contributed by atoms with E-state index in [0.29, 0.717) is 12.0 Å². The molecule has 1 fully saturated rings. The molecule has 1 heterocycles. The van der Waals surface area contributed by atoms with Gasteiger partial charge in [0, 0.05) is 32.3 Å². The average Bonchev–Trinajstić information content (AvgIpc) is 3.29. The zero-order valence-corrected chi connectivity index (χ0v) is 39.3. The Bertz CT molecular complexity index is 2130. The number of carbonyl (C=O) groups is 11. The monoisotopic (exact) mass is 969 g/mol. The Kier molecular flexibility index (Phi) is 24.0. The number of allylic oxidation sites excluding steroid dienone is 2. The molecule has 1 saturated heterocycles. The third kappa shape index (κ3) is 20.5. The Morgan fingerprint density at radius 2 is 1.36 bits per heavy atom. The lowest BCUT2D eigenvalue weighted by Crippen LogP contribution is -2.56. The maximum atomic E-state index is 14.1. The number of esters is 1. The Morgan fingerprint density at radius 3 is 1.96 bits per heavy atom. The minimum atomic E-state index is -2.03. The summed E-state index contributed by atoms with van der Waals surface area (Å²) >= 11 is 0. The second kappa shape index (κ2) is 28.7. The molecule has 0 aliphatic carbocycles. The van der Waals surface area contributed by atoms with Gasteiger partial charge in [-0.1, -0.05) is 74.6 Å². The van der Waals surface area contributed by atoms with Crippen LogP contribution in [0.1, 0.15) is 78.2 Å². The molecule has 0 bridgehead atoms. The highest BCUT2D eigenvalue weighted by atomic mass is 16.5. The van der Waals surface area contributed by atoms with Gasteiger partial charge in [-0.05, 0) is 45.1 Å². The van der Waals surface area contributed by atoms with Gasteiger partial charge in [0.05, 0.1) is 37.3 Å². The second-order valence-electron chi connectivity index (χ2n) is 16.4. The molecule has 1 unspecified atom stereocenters. The maximum Gasteiger partial charge on any atom is 0.326 e. The molecular weight excluding hydrogens is 907 g/mol. The highest BCUT2D eigenvalue weighted by Gasteiger charge is 2.34. The van der Waals surface area contributed by atoms with Crippen LogP contribution < -0.4 is 37.2 Å². The van der Waals surface area contributed by atoms with E-state index in [1.54, 1.807) is 20.1 Å². The minimum Gasteiger partial charge on any atom is -0.481 e. The Balaban J connectivity index is 2.65. The standard InChI is InChI=1S/C46H63N7O16/c1-24(21-25(2)35(68-6)22-29-11-9-8-10-12-29)13-14-30-26(3)40(59)52-33(45(64)65)15-18-36(54)47-27(4)41(60)48-28(5)42(61)51-32(16-19-38(56)57)44(63)53-34(46(66)67)23-37(55)49-31(43(62)50-30)17-20-39(58)69-7/h8-14,21,25-26,28,30-35H,4,15-20,22-23H2,1-3,5-7H3,(H,47,54)(H,48,60)(H,49,55)(H,50,62)(H,51,61)(H,52,59)(H,53,63)(H,56,57)(H,64,65)(H,66,67)/b14-13+,24-21+/t25-,26-,28+,30?,31-,32-,33+,34+,35-/m0/s1. The molecule has 0 saturated carbocycles. The molecule has 0 aromatic heterocycles. The summed E-state index contributed by atoms with van der Waals surface area (Å²) in [7, 11) is 2.66. The van der Waals surface area contributed by atoms with Crippen LogP contribution in [0.3, 0.4) is 0 Å². The third-order valence-corrected chi connectivity index (χ3v) is 10.9. The molecule has 378 valence electrons. The zero-order valence-electron chi connectivity index (χ0n) is 39.3. The predicted octanol–water partition coefficient (Wildman–Crippen LogP) is -0.251. The Hall–Kier alpha value is -7.43. The summed E-state index contributed by atoms with van der Waals surface area (Å²) in [5, 5.41) is 45.3. The predicted molar refractivity (Wildman–Crippen MR) is 244 cm³/mol. The third-order valence-electron chi connectivity index (χ3n) is 10.9. The molecule has 2 rings (SSSR count). The number of carbonyl (C=O) groups excluding carboxylic acids is 8. The molecule has 1 aromatic carbocycles. The summed E-state index contributed by atoms with van der Waals surface area (Å²) < 4.78 is 10.5. The number of aliphatic carboxylic acids is 3. The lowest BCUT2D eigenvalue weighted by atomic mass is 9.94. The van der Waals surface area contributed by atoms with E-state index in [2.05, 4.69) is 43.8 Å². The fourth-order valence-corrected chi connectivity index (χ4v) is 6.78. The van der Waals surface area contributed by atoms with Gasteiger partial charge >= 0.3 is 23.9 Å². The van der Waals surface area contributed by atoms with Crippen molar-refractivity contribution in [2.75, 3.05) is 14.2 Å². The van der Waals surface area contributed by atoms with Crippen molar-refractivity contribution in [1.29, 1.82) is 0 Å². The number of rotatable bonds is 15. The van der Waals surface area contributed by atoms with Crippen LogP contribution in [-0.2, 0) is 68.6 Å². The molecule has 0 radical (unpaired) electrons. The fraction of sp³-hybridized carbons (Fsp3) is 0.500. The molecule has 1 aliphatic rings. The number of benzene rings is 1. The first-order valence-electron chi connectivity index (χ1n) is 21.9. The molecule has 9 atom stereocenters. The van der Waals surface area contributed by atoms with Crippen LogP contribution in [0, 0.1) is 11.8 Å². The average molecular weight is 970 g/mol. The van der Waals surface area contributed by atoms with Gasteiger partial charge in [0.15, 0.2) is 0 Å². The van der Waals surface area contributed by atoms with Crippen LogP contribution in [0.5, 0.6) is 0 Å². The van der Waals surface area contributed by atoms with E-state index >= 15 is 0 Å². The van der Waals surface area contributed by atoms with Crippen molar-refractivity contribution in [3.63, 3.8) is 0 Å². The van der Waals surface area contributed by atoms with E-state index < -0.39 is 158 Å². The number of nitrogens with one attached hydrogen (secondary N) is 7. The summed E-state index contributed by atoms with van der Waals surface area (Å²) in [6, 6.07) is -0.152. The molecule has 0 spiro atoms. The number of amides is 7. The first kappa shape index (κ1) is 57.7. The SMILES string of the molecule is C=C1NC(=O)CC[C@H](C(=O)O)NC(=O)[C@@H](C)C(/C=C/C(C)=C/[C@H](C)[C@H](Cc2ccccc2)OC)NC(=O)[C@H](CCC(=O)OC)NC(=O)C[C@H](C(=O)O)NC(=O)[C@H](CCC(=O)O)NC(=O)[C@@H](C)NC1=O. The number of carboxylic acids is 3. The molecule has 1 aliphatic heterocycles. The lowest BCUT2D eigenvalue weighted by molar-refractivity contribution is -0.144. The van der Waals surface area contributed by atoms with Gasteiger partial charge < -0.3 is 62.0 Å². The van der Waals surface area contributed by atoms with Gasteiger partial charge in [0.2, 0.25) is 35.4 Å². The van der Waals surface area contributed by atoms with Crippen LogP contribution in [-0.4, -0.2) is 137 Å². The van der Waals surface area contributed by atoms with Gasteiger partial charge in [-0.15, -0.1) is 0 Å². The largest absolute Gasteiger partial charge is 0.481 e. The highest BCUT2D eigenvalue weighted by Crippen LogP contribution is 2.18. The van der Waals surface area contributed by atoms with Crippen molar-refractivity contribution in [1.82, 2.24) is 37.2 Å². The van der Waals surface area contributed by atoms with E-state index in [4.69, 9.17) is 9.47 Å². The molecule has 69 heavy (non-hydrogen) atoms. The summed E-state index contributed by atoms with van der Waals surface area (Å²) in [5.41, 5.74) is 1.11. The maximum absolute atomic E-state index is 14.1. The van der Waals surface area contributed by atoms with E-state index in [1.165, 1.54) is 13.0 Å². The van der Waals surface area contributed by atoms with E-state index in [-0.39, 0.29) is 12.0 Å². The fourth-order valence-electron chi connectivity index (χ4n) is 6.78. The second-order valence-corrected chi connectivity index (χ2v) is 16.4. The van der Waals surface area contributed by atoms with Crippen molar-refractivity contribution < 1.29 is 77.5 Å². The number of hydrogen-bond acceptors (Lipinski definition) is 13. The normalized spacial score (nSPS) is 24.3. The van der Waals surface area contributed by atoms with Gasteiger partial charge in [-0.3, -0.25) is 43.2 Å². The number of ether oxygens (including phenoxy) is 2. The first-order chi connectivity index (χ1) is 32.4. The topological polar surface area (TPSA) is 351 Å². The van der Waals surface area contributed by atoms with Crippen molar-refractivity contribution in [3.8, 4) is 0 Å². The van der Waals surface area contributed by atoms with Gasteiger partial charge in [0.1, 0.15) is 30.2 Å². The molecular formula is C46H63N7O16. The van der Waals surface area contributed by atoms with Crippen molar-refractivity contribution in [2.24, 2.45) is 11.8 Å². The van der Waals surface area contributed by atoms with Crippen LogP contribution in [0.4, 0.5) is 0 Å². The van der Waals surface area contributed by atoms with E-state index in [0.717, 1.165) is 19.6 Å². The molecule has 1 aromatic rings. The number of methoxy groups -OCH3 is 2. The van der Waals surface area contributed by atoms with Crippen molar-refractivity contribution >= 4 is 65.2 Å². The zero-order chi connectivity index (χ0) is 52.0. The van der Waals surface area contributed by atoms with Crippen molar-refractivity contribution in [3.05, 3.63) is 72.0 Å². The number of hydrogen-bond donors (Lipinski definition) is 10. The minimum absolute atomic E-state index is 0.156. The number of carboxylic acid groups (broad SMARTS) is 3. The van der Waals surface area contributed by atoms with Gasteiger partial charge in [0.25, 0.3) is 5.91 Å². The summed E-state index contributed by atoms with van der Waals surface area (Å²) in [4.78, 5) is 142. The first-order valence-corrected chi connectivity index (χ1v) is 21.9. The molecule has 10 N–H and O–H groups in total. The van der Waals surface area contributed by atoms with Crippen LogP contribution >= 0.6 is 0 Å². The Morgan fingerprint density at radius 1 is 0.768 bits per heavy atom. The summed E-state index contributed by atoms with van der Waals surface area (Å²) in [5.74, 6) is -14.2. The van der Waals surface area contributed by atoms with E-state index in [9.17, 15) is 68.1 Å². The smallest absolute Gasteiger partial charge is 0.326 e. The summed E-state index contributed by atoms with van der Waals surface area (Å²) in [6.45, 7) is 9.65.